The van der Waals surface area contributed by atoms with Crippen LogP contribution in [0.5, 0.6) is 0 Å². The molecule has 0 aliphatic heterocycles. The van der Waals surface area contributed by atoms with Gasteiger partial charge in [0.1, 0.15) is 5.82 Å². The van der Waals surface area contributed by atoms with Crippen LogP contribution in [0.3, 0.4) is 0 Å². The molecule has 1 aromatic heterocycles. The van der Waals surface area contributed by atoms with E-state index in [2.05, 4.69) is 15.5 Å². The molecule has 1 heterocycles. The fourth-order valence-electron chi connectivity index (χ4n) is 1.31. The number of carbonyl (C=O) groups excluding carboxylic acids is 1. The topological polar surface area (TPSA) is 57.8 Å². The SMILES string of the molecule is O=C(Cc1ccc(F)cc1)Nc1cn[nH]c1. The van der Waals surface area contributed by atoms with E-state index in [-0.39, 0.29) is 18.1 Å². The van der Waals surface area contributed by atoms with Crippen LogP contribution in [0.15, 0.2) is 36.7 Å². The fourth-order valence-corrected chi connectivity index (χ4v) is 1.31. The van der Waals surface area contributed by atoms with Gasteiger partial charge in [0.2, 0.25) is 5.91 Å². The van der Waals surface area contributed by atoms with Crippen molar-refractivity contribution in [3.8, 4) is 0 Å². The molecule has 0 fully saturated rings. The summed E-state index contributed by atoms with van der Waals surface area (Å²) in [6, 6.07) is 5.84. The van der Waals surface area contributed by atoms with Crippen molar-refractivity contribution in [2.45, 2.75) is 6.42 Å². The molecule has 1 aromatic carbocycles. The summed E-state index contributed by atoms with van der Waals surface area (Å²) in [5, 5.41) is 8.96. The number of hydrogen-bond acceptors (Lipinski definition) is 2. The first-order chi connectivity index (χ1) is 7.74. The first kappa shape index (κ1) is 10.4. The van der Waals surface area contributed by atoms with E-state index in [1.165, 1.54) is 18.3 Å². The second-order valence-corrected chi connectivity index (χ2v) is 3.34. The van der Waals surface area contributed by atoms with Gasteiger partial charge in [-0.25, -0.2) is 4.39 Å². The summed E-state index contributed by atoms with van der Waals surface area (Å²) >= 11 is 0. The molecule has 0 saturated carbocycles. The third kappa shape index (κ3) is 2.66. The van der Waals surface area contributed by atoms with Gasteiger partial charge < -0.3 is 5.32 Å². The van der Waals surface area contributed by atoms with Gasteiger partial charge in [0.25, 0.3) is 0 Å². The van der Waals surface area contributed by atoms with Gasteiger partial charge in [0.05, 0.1) is 18.3 Å². The average molecular weight is 219 g/mol. The largest absolute Gasteiger partial charge is 0.323 e. The highest BCUT2D eigenvalue weighted by Gasteiger charge is 2.04. The quantitative estimate of drug-likeness (QED) is 0.825. The molecule has 5 heteroatoms. The van der Waals surface area contributed by atoms with Crippen LogP contribution in [-0.4, -0.2) is 16.1 Å². The normalized spacial score (nSPS) is 10.1. The Labute approximate surface area is 91.5 Å². The Morgan fingerprint density at radius 2 is 2.12 bits per heavy atom. The number of anilines is 1. The molecule has 0 aliphatic carbocycles. The van der Waals surface area contributed by atoms with E-state index in [1.54, 1.807) is 18.3 Å². The number of hydrogen-bond donors (Lipinski definition) is 2. The molecule has 0 bridgehead atoms. The number of aromatic amines is 1. The lowest BCUT2D eigenvalue weighted by atomic mass is 10.1. The molecule has 0 aliphatic rings. The van der Waals surface area contributed by atoms with Crippen molar-refractivity contribution >= 4 is 11.6 Å². The first-order valence-electron chi connectivity index (χ1n) is 4.77. The van der Waals surface area contributed by atoms with Crippen molar-refractivity contribution in [2.24, 2.45) is 0 Å². The molecule has 0 spiro atoms. The van der Waals surface area contributed by atoms with Crippen LogP contribution in [0.2, 0.25) is 0 Å². The summed E-state index contributed by atoms with van der Waals surface area (Å²) < 4.78 is 12.6. The lowest BCUT2D eigenvalue weighted by Crippen LogP contribution is -2.13. The summed E-state index contributed by atoms with van der Waals surface area (Å²) in [5.74, 6) is -0.466. The Morgan fingerprint density at radius 3 is 2.75 bits per heavy atom. The Balaban J connectivity index is 1.95. The average Bonchev–Trinajstić information content (AvgIpc) is 2.74. The number of rotatable bonds is 3. The minimum absolute atomic E-state index is 0.159. The molecule has 4 nitrogen and oxygen atoms in total. The Hall–Kier alpha value is -2.17. The van der Waals surface area contributed by atoms with E-state index in [4.69, 9.17) is 0 Å². The zero-order valence-electron chi connectivity index (χ0n) is 8.40. The Morgan fingerprint density at radius 1 is 1.38 bits per heavy atom. The fraction of sp³-hybridized carbons (Fsp3) is 0.0909. The predicted molar refractivity (Wildman–Crippen MR) is 57.3 cm³/mol. The van der Waals surface area contributed by atoms with Gasteiger partial charge in [-0.05, 0) is 17.7 Å². The molecule has 0 atom stereocenters. The molecule has 2 N–H and O–H groups in total. The summed E-state index contributed by atoms with van der Waals surface area (Å²) in [6.07, 6.45) is 3.32. The maximum absolute atomic E-state index is 12.6. The highest BCUT2D eigenvalue weighted by atomic mass is 19.1. The monoisotopic (exact) mass is 219 g/mol. The van der Waals surface area contributed by atoms with E-state index < -0.39 is 0 Å². The second kappa shape index (κ2) is 4.57. The summed E-state index contributed by atoms with van der Waals surface area (Å²) in [4.78, 5) is 11.5. The maximum Gasteiger partial charge on any atom is 0.228 e. The van der Waals surface area contributed by atoms with Crippen molar-refractivity contribution in [3.05, 3.63) is 48.0 Å². The van der Waals surface area contributed by atoms with Gasteiger partial charge in [0.15, 0.2) is 0 Å². The molecular weight excluding hydrogens is 209 g/mol. The van der Waals surface area contributed by atoms with Crippen molar-refractivity contribution in [2.75, 3.05) is 5.32 Å². The van der Waals surface area contributed by atoms with Crippen LogP contribution >= 0.6 is 0 Å². The van der Waals surface area contributed by atoms with E-state index in [1.807, 2.05) is 0 Å². The second-order valence-electron chi connectivity index (χ2n) is 3.34. The highest BCUT2D eigenvalue weighted by Crippen LogP contribution is 2.06. The van der Waals surface area contributed by atoms with E-state index in [0.29, 0.717) is 5.69 Å². The van der Waals surface area contributed by atoms with E-state index in [0.717, 1.165) is 5.56 Å². The summed E-state index contributed by atoms with van der Waals surface area (Å²) in [7, 11) is 0. The van der Waals surface area contributed by atoms with Gasteiger partial charge >= 0.3 is 0 Å². The zero-order valence-corrected chi connectivity index (χ0v) is 8.40. The van der Waals surface area contributed by atoms with Crippen LogP contribution in [0.1, 0.15) is 5.56 Å². The molecule has 2 aromatic rings. The van der Waals surface area contributed by atoms with Crippen LogP contribution in [0.25, 0.3) is 0 Å². The van der Waals surface area contributed by atoms with Crippen molar-refractivity contribution in [1.82, 2.24) is 10.2 Å². The van der Waals surface area contributed by atoms with Crippen molar-refractivity contribution < 1.29 is 9.18 Å². The molecule has 0 saturated heterocycles. The molecule has 1 amide bonds. The minimum atomic E-state index is -0.306. The maximum atomic E-state index is 12.6. The van der Waals surface area contributed by atoms with Crippen LogP contribution in [0, 0.1) is 5.82 Å². The standard InChI is InChI=1S/C11H10FN3O/c12-9-3-1-8(2-4-9)5-11(16)15-10-6-13-14-7-10/h1-4,6-7H,5H2,(H,13,14)(H,15,16). The Kier molecular flexibility index (Phi) is 2.95. The molecular formula is C11H10FN3O. The number of nitrogens with one attached hydrogen (secondary N) is 2. The number of halogens is 1. The van der Waals surface area contributed by atoms with Crippen molar-refractivity contribution in [1.29, 1.82) is 0 Å². The number of carbonyl (C=O) groups is 1. The van der Waals surface area contributed by atoms with Crippen LogP contribution in [-0.2, 0) is 11.2 Å². The molecule has 16 heavy (non-hydrogen) atoms. The minimum Gasteiger partial charge on any atom is -0.323 e. The number of aromatic nitrogens is 2. The lowest BCUT2D eigenvalue weighted by Gasteiger charge is -2.02. The third-order valence-electron chi connectivity index (χ3n) is 2.06. The first-order valence-corrected chi connectivity index (χ1v) is 4.77. The van der Waals surface area contributed by atoms with Gasteiger partial charge in [-0.1, -0.05) is 12.1 Å². The van der Waals surface area contributed by atoms with E-state index in [9.17, 15) is 9.18 Å². The molecule has 2 rings (SSSR count). The lowest BCUT2D eigenvalue weighted by molar-refractivity contribution is -0.115. The van der Waals surface area contributed by atoms with Crippen LogP contribution < -0.4 is 5.32 Å². The van der Waals surface area contributed by atoms with Crippen molar-refractivity contribution in [3.63, 3.8) is 0 Å². The number of H-pyrrole nitrogens is 1. The smallest absolute Gasteiger partial charge is 0.228 e. The van der Waals surface area contributed by atoms with E-state index >= 15 is 0 Å². The summed E-state index contributed by atoms with van der Waals surface area (Å²) in [5.41, 5.74) is 1.38. The molecule has 0 radical (unpaired) electrons. The van der Waals surface area contributed by atoms with Gasteiger partial charge in [-0.2, -0.15) is 5.10 Å². The van der Waals surface area contributed by atoms with Gasteiger partial charge in [-0.15, -0.1) is 0 Å². The Bertz CT molecular complexity index is 464. The number of nitrogens with zero attached hydrogens (tertiary/aromatic N) is 1. The third-order valence-corrected chi connectivity index (χ3v) is 2.06. The number of benzene rings is 1. The van der Waals surface area contributed by atoms with Gasteiger partial charge in [-0.3, -0.25) is 9.89 Å². The van der Waals surface area contributed by atoms with Crippen LogP contribution in [0.4, 0.5) is 10.1 Å². The zero-order chi connectivity index (χ0) is 11.4. The number of amides is 1. The molecule has 82 valence electrons. The summed E-state index contributed by atoms with van der Waals surface area (Å²) in [6.45, 7) is 0. The molecule has 0 unspecified atom stereocenters. The predicted octanol–water partition coefficient (Wildman–Crippen LogP) is 1.73. The van der Waals surface area contributed by atoms with Gasteiger partial charge in [0, 0.05) is 6.20 Å². The highest BCUT2D eigenvalue weighted by molar-refractivity contribution is 5.91.